The summed E-state index contributed by atoms with van der Waals surface area (Å²) >= 11 is 0. The number of carbonyl (C=O) groups is 2. The van der Waals surface area contributed by atoms with Crippen molar-refractivity contribution in [3.63, 3.8) is 0 Å². The molecule has 0 aliphatic carbocycles. The van der Waals surface area contributed by atoms with Gasteiger partial charge >= 0.3 is 5.97 Å². The van der Waals surface area contributed by atoms with Crippen LogP contribution in [0, 0.1) is 0 Å². The Bertz CT molecular complexity index is 468. The van der Waals surface area contributed by atoms with Gasteiger partial charge in [-0.25, -0.2) is 0 Å². The maximum Gasteiger partial charge on any atom is 0.303 e. The molecule has 1 fully saturated rings. The smallest absolute Gasteiger partial charge is 0.303 e. The monoisotopic (exact) mass is 291 g/mol. The van der Waals surface area contributed by atoms with Crippen molar-refractivity contribution in [1.29, 1.82) is 0 Å². The van der Waals surface area contributed by atoms with Crippen LogP contribution in [0.3, 0.4) is 0 Å². The molecule has 21 heavy (non-hydrogen) atoms. The number of hydrogen-bond acceptors (Lipinski definition) is 3. The zero-order chi connectivity index (χ0) is 15.1. The molecule has 2 unspecified atom stereocenters. The Labute approximate surface area is 124 Å². The van der Waals surface area contributed by atoms with Gasteiger partial charge in [0.1, 0.15) is 6.10 Å². The van der Waals surface area contributed by atoms with Crippen LogP contribution in [0.4, 0.5) is 0 Å². The Hall–Kier alpha value is -1.88. The molecule has 2 N–H and O–H groups in total. The van der Waals surface area contributed by atoms with Crippen LogP contribution < -0.4 is 5.32 Å². The van der Waals surface area contributed by atoms with Crippen LogP contribution in [-0.2, 0) is 20.7 Å². The van der Waals surface area contributed by atoms with Crippen LogP contribution in [0.2, 0.25) is 0 Å². The predicted octanol–water partition coefficient (Wildman–Crippen LogP) is 1.76. The zero-order valence-corrected chi connectivity index (χ0v) is 12.0. The van der Waals surface area contributed by atoms with Gasteiger partial charge < -0.3 is 15.2 Å². The number of carboxylic acid groups (broad SMARTS) is 1. The minimum atomic E-state index is -0.848. The van der Waals surface area contributed by atoms with Crippen molar-refractivity contribution in [2.24, 2.45) is 0 Å². The molecule has 0 radical (unpaired) electrons. The van der Waals surface area contributed by atoms with E-state index < -0.39 is 5.97 Å². The summed E-state index contributed by atoms with van der Waals surface area (Å²) in [6, 6.07) is 9.58. The van der Waals surface area contributed by atoms with Crippen LogP contribution in [-0.4, -0.2) is 35.7 Å². The highest BCUT2D eigenvalue weighted by Crippen LogP contribution is 2.14. The van der Waals surface area contributed by atoms with Gasteiger partial charge in [0.05, 0.1) is 0 Å². The lowest BCUT2D eigenvalue weighted by atomic mass is 10.0. The standard InChI is InChI=1S/C16H21NO4/c18-15(19)9-8-13(11-12-5-2-1-3-6-12)17-16(20)14-7-4-10-21-14/h1-3,5-6,13-14H,4,7-11H2,(H,17,20)(H,18,19). The fourth-order valence-corrected chi connectivity index (χ4v) is 2.50. The third-order valence-electron chi connectivity index (χ3n) is 3.60. The van der Waals surface area contributed by atoms with Crippen molar-refractivity contribution < 1.29 is 19.4 Å². The summed E-state index contributed by atoms with van der Waals surface area (Å²) in [5.41, 5.74) is 1.08. The summed E-state index contributed by atoms with van der Waals surface area (Å²) in [6.45, 7) is 0.622. The van der Waals surface area contributed by atoms with E-state index in [9.17, 15) is 9.59 Å². The molecule has 0 spiro atoms. The highest BCUT2D eigenvalue weighted by Gasteiger charge is 2.25. The molecule has 1 aliphatic rings. The Morgan fingerprint density at radius 3 is 2.71 bits per heavy atom. The SMILES string of the molecule is O=C(O)CCC(Cc1ccccc1)NC(=O)C1CCCO1. The zero-order valence-electron chi connectivity index (χ0n) is 12.0. The first-order chi connectivity index (χ1) is 10.1. The number of hydrogen-bond donors (Lipinski definition) is 2. The fraction of sp³-hybridized carbons (Fsp3) is 0.500. The van der Waals surface area contributed by atoms with Crippen LogP contribution in [0.5, 0.6) is 0 Å². The maximum absolute atomic E-state index is 12.1. The molecular formula is C16H21NO4. The van der Waals surface area contributed by atoms with Gasteiger partial charge in [0.15, 0.2) is 0 Å². The second-order valence-corrected chi connectivity index (χ2v) is 5.33. The molecule has 1 heterocycles. The molecular weight excluding hydrogens is 270 g/mol. The summed E-state index contributed by atoms with van der Waals surface area (Å²) in [7, 11) is 0. The van der Waals surface area contributed by atoms with E-state index in [0.29, 0.717) is 19.4 Å². The van der Waals surface area contributed by atoms with Crippen LogP contribution >= 0.6 is 0 Å². The van der Waals surface area contributed by atoms with Crippen molar-refractivity contribution in [1.82, 2.24) is 5.32 Å². The van der Waals surface area contributed by atoms with Crippen molar-refractivity contribution in [3.05, 3.63) is 35.9 Å². The molecule has 1 aromatic carbocycles. The van der Waals surface area contributed by atoms with E-state index in [1.807, 2.05) is 30.3 Å². The van der Waals surface area contributed by atoms with Crippen LogP contribution in [0.15, 0.2) is 30.3 Å². The summed E-state index contributed by atoms with van der Waals surface area (Å²) < 4.78 is 5.36. The van der Waals surface area contributed by atoms with Gasteiger partial charge in [-0.1, -0.05) is 30.3 Å². The lowest BCUT2D eigenvalue weighted by molar-refractivity contribution is -0.138. The Morgan fingerprint density at radius 2 is 2.10 bits per heavy atom. The van der Waals surface area contributed by atoms with Gasteiger partial charge in [-0.3, -0.25) is 9.59 Å². The average Bonchev–Trinajstić information content (AvgIpc) is 3.00. The number of benzene rings is 1. The van der Waals surface area contributed by atoms with E-state index in [0.717, 1.165) is 18.4 Å². The minimum Gasteiger partial charge on any atom is -0.481 e. The summed E-state index contributed by atoms with van der Waals surface area (Å²) in [6.07, 6.45) is 2.35. The second-order valence-electron chi connectivity index (χ2n) is 5.33. The fourth-order valence-electron chi connectivity index (χ4n) is 2.50. The number of carbonyl (C=O) groups excluding carboxylic acids is 1. The van der Waals surface area contributed by atoms with Gasteiger partial charge in [-0.15, -0.1) is 0 Å². The Morgan fingerprint density at radius 1 is 1.33 bits per heavy atom. The molecule has 1 saturated heterocycles. The molecule has 1 aliphatic heterocycles. The number of aliphatic carboxylic acids is 1. The first-order valence-electron chi connectivity index (χ1n) is 7.33. The van der Waals surface area contributed by atoms with E-state index in [4.69, 9.17) is 9.84 Å². The van der Waals surface area contributed by atoms with E-state index in [1.165, 1.54) is 0 Å². The normalized spacial score (nSPS) is 19.1. The highest BCUT2D eigenvalue weighted by atomic mass is 16.5. The van der Waals surface area contributed by atoms with Gasteiger partial charge in [0.2, 0.25) is 5.91 Å². The molecule has 1 aromatic rings. The van der Waals surface area contributed by atoms with Gasteiger partial charge in [-0.2, -0.15) is 0 Å². The molecule has 0 saturated carbocycles. The topological polar surface area (TPSA) is 75.6 Å². The lowest BCUT2D eigenvalue weighted by Gasteiger charge is -2.20. The number of amides is 1. The van der Waals surface area contributed by atoms with Crippen molar-refractivity contribution in [3.8, 4) is 0 Å². The molecule has 5 heteroatoms. The number of carboxylic acids is 1. The first-order valence-corrected chi connectivity index (χ1v) is 7.33. The first kappa shape index (κ1) is 15.5. The maximum atomic E-state index is 12.1. The highest BCUT2D eigenvalue weighted by molar-refractivity contribution is 5.81. The predicted molar refractivity (Wildman–Crippen MR) is 77.9 cm³/mol. The van der Waals surface area contributed by atoms with Gasteiger partial charge in [0.25, 0.3) is 0 Å². The molecule has 2 atom stereocenters. The summed E-state index contributed by atoms with van der Waals surface area (Å²) in [5.74, 6) is -0.974. The third kappa shape index (κ3) is 5.19. The summed E-state index contributed by atoms with van der Waals surface area (Å²) in [5, 5.41) is 11.8. The largest absolute Gasteiger partial charge is 0.481 e. The van der Waals surface area contributed by atoms with E-state index in [2.05, 4.69) is 5.32 Å². The molecule has 5 nitrogen and oxygen atoms in total. The molecule has 0 aromatic heterocycles. The van der Waals surface area contributed by atoms with E-state index in [-0.39, 0.29) is 24.5 Å². The summed E-state index contributed by atoms with van der Waals surface area (Å²) in [4.78, 5) is 22.9. The number of rotatable bonds is 7. The van der Waals surface area contributed by atoms with Crippen LogP contribution in [0.25, 0.3) is 0 Å². The van der Waals surface area contributed by atoms with Gasteiger partial charge in [-0.05, 0) is 31.2 Å². The second kappa shape index (κ2) is 7.78. The quantitative estimate of drug-likeness (QED) is 0.802. The third-order valence-corrected chi connectivity index (χ3v) is 3.60. The number of ether oxygens (including phenoxy) is 1. The molecule has 2 rings (SSSR count). The van der Waals surface area contributed by atoms with E-state index in [1.54, 1.807) is 0 Å². The van der Waals surface area contributed by atoms with Crippen molar-refractivity contribution in [2.45, 2.75) is 44.2 Å². The number of nitrogens with one attached hydrogen (secondary N) is 1. The van der Waals surface area contributed by atoms with Crippen LogP contribution in [0.1, 0.15) is 31.2 Å². The molecule has 0 bridgehead atoms. The van der Waals surface area contributed by atoms with Crippen molar-refractivity contribution >= 4 is 11.9 Å². The Kier molecular flexibility index (Phi) is 5.75. The minimum absolute atomic E-state index is 0.0449. The average molecular weight is 291 g/mol. The molecule has 114 valence electrons. The lowest BCUT2D eigenvalue weighted by Crippen LogP contribution is -2.42. The van der Waals surface area contributed by atoms with Crippen molar-refractivity contribution in [2.75, 3.05) is 6.61 Å². The van der Waals surface area contributed by atoms with E-state index >= 15 is 0 Å². The molecule has 1 amide bonds. The van der Waals surface area contributed by atoms with Gasteiger partial charge in [0, 0.05) is 19.1 Å². The Balaban J connectivity index is 1.94.